The maximum Gasteiger partial charge on any atom is 0.225 e. The second kappa shape index (κ2) is 6.81. The number of nitrogens with one attached hydrogen (secondary N) is 2. The summed E-state index contributed by atoms with van der Waals surface area (Å²) >= 11 is 0. The van der Waals surface area contributed by atoms with Crippen molar-refractivity contribution in [3.8, 4) is 11.4 Å². The Morgan fingerprint density at radius 1 is 1.15 bits per heavy atom. The van der Waals surface area contributed by atoms with Crippen LogP contribution in [0.3, 0.4) is 0 Å². The lowest BCUT2D eigenvalue weighted by molar-refractivity contribution is 0.425. The van der Waals surface area contributed by atoms with E-state index < -0.39 is 0 Å². The van der Waals surface area contributed by atoms with Gasteiger partial charge in [0.1, 0.15) is 5.82 Å². The van der Waals surface area contributed by atoms with Gasteiger partial charge in [0, 0.05) is 32.4 Å². The molecule has 0 aliphatic rings. The van der Waals surface area contributed by atoms with Crippen LogP contribution in [0.25, 0.3) is 11.4 Å². The van der Waals surface area contributed by atoms with Crippen LogP contribution in [0, 0.1) is 0 Å². The molecular formula is C14H20N6. The lowest BCUT2D eigenvalue weighted by Crippen LogP contribution is -2.21. The molecular weight excluding hydrogens is 252 g/mol. The van der Waals surface area contributed by atoms with Crippen LogP contribution < -0.4 is 10.6 Å². The lowest BCUT2D eigenvalue weighted by atomic mass is 10.2. The second-order valence-electron chi connectivity index (χ2n) is 4.66. The van der Waals surface area contributed by atoms with Crippen LogP contribution in [0.2, 0.25) is 0 Å². The second-order valence-corrected chi connectivity index (χ2v) is 4.66. The molecule has 0 aliphatic carbocycles. The third-order valence-corrected chi connectivity index (χ3v) is 2.75. The van der Waals surface area contributed by atoms with Gasteiger partial charge in [0.2, 0.25) is 5.95 Å². The van der Waals surface area contributed by atoms with Gasteiger partial charge in [0.05, 0.1) is 11.4 Å². The zero-order chi connectivity index (χ0) is 14.4. The highest BCUT2D eigenvalue weighted by atomic mass is 15.2. The summed E-state index contributed by atoms with van der Waals surface area (Å²) in [5.41, 5.74) is 1.64. The third-order valence-electron chi connectivity index (χ3n) is 2.75. The van der Waals surface area contributed by atoms with E-state index in [0.29, 0.717) is 5.95 Å². The van der Waals surface area contributed by atoms with Crippen molar-refractivity contribution in [3.63, 3.8) is 0 Å². The van der Waals surface area contributed by atoms with E-state index >= 15 is 0 Å². The van der Waals surface area contributed by atoms with Gasteiger partial charge >= 0.3 is 0 Å². The highest BCUT2D eigenvalue weighted by Gasteiger charge is 2.06. The van der Waals surface area contributed by atoms with E-state index in [9.17, 15) is 0 Å². The number of hydrogen-bond donors (Lipinski definition) is 2. The van der Waals surface area contributed by atoms with E-state index in [2.05, 4.69) is 30.5 Å². The van der Waals surface area contributed by atoms with Gasteiger partial charge in [-0.05, 0) is 26.2 Å². The summed E-state index contributed by atoms with van der Waals surface area (Å²) in [7, 11) is 5.91. The van der Waals surface area contributed by atoms with Crippen molar-refractivity contribution in [3.05, 3.63) is 30.5 Å². The SMILES string of the molecule is CNc1cc(-c2ccccn2)nc(NCCN(C)C)n1. The van der Waals surface area contributed by atoms with Crippen LogP contribution in [-0.2, 0) is 0 Å². The van der Waals surface area contributed by atoms with Crippen molar-refractivity contribution >= 4 is 11.8 Å². The minimum atomic E-state index is 0.611. The molecule has 6 heteroatoms. The molecule has 2 N–H and O–H groups in total. The Kier molecular flexibility index (Phi) is 4.84. The zero-order valence-electron chi connectivity index (χ0n) is 12.1. The summed E-state index contributed by atoms with van der Waals surface area (Å²) in [5.74, 6) is 1.38. The molecule has 0 atom stereocenters. The Morgan fingerprint density at radius 3 is 2.65 bits per heavy atom. The molecule has 0 aliphatic heterocycles. The van der Waals surface area contributed by atoms with Gasteiger partial charge < -0.3 is 15.5 Å². The number of likely N-dealkylation sites (N-methyl/N-ethyl adjacent to an activating group) is 1. The number of aromatic nitrogens is 3. The van der Waals surface area contributed by atoms with E-state index in [1.165, 1.54) is 0 Å². The standard InChI is InChI=1S/C14H20N6/c1-15-13-10-12(11-6-4-5-7-16-11)18-14(19-13)17-8-9-20(2)3/h4-7,10H,8-9H2,1-3H3,(H2,15,17,18,19). The summed E-state index contributed by atoms with van der Waals surface area (Å²) in [6, 6.07) is 7.66. The number of pyridine rings is 1. The highest BCUT2D eigenvalue weighted by Crippen LogP contribution is 2.18. The van der Waals surface area contributed by atoms with Crippen LogP contribution in [-0.4, -0.2) is 54.1 Å². The first-order valence-corrected chi connectivity index (χ1v) is 6.56. The minimum absolute atomic E-state index is 0.611. The fourth-order valence-electron chi connectivity index (χ4n) is 1.69. The first-order valence-electron chi connectivity index (χ1n) is 6.56. The van der Waals surface area contributed by atoms with Gasteiger partial charge in [-0.15, -0.1) is 0 Å². The van der Waals surface area contributed by atoms with E-state index in [-0.39, 0.29) is 0 Å². The van der Waals surface area contributed by atoms with Crippen molar-refractivity contribution in [2.75, 3.05) is 44.9 Å². The van der Waals surface area contributed by atoms with Gasteiger partial charge in [0.15, 0.2) is 0 Å². The van der Waals surface area contributed by atoms with Gasteiger partial charge in [-0.1, -0.05) is 6.07 Å². The van der Waals surface area contributed by atoms with Crippen molar-refractivity contribution in [1.29, 1.82) is 0 Å². The number of anilines is 2. The summed E-state index contributed by atoms with van der Waals surface area (Å²) < 4.78 is 0. The molecule has 0 aromatic carbocycles. The molecule has 0 fully saturated rings. The molecule has 20 heavy (non-hydrogen) atoms. The molecule has 0 saturated heterocycles. The van der Waals surface area contributed by atoms with Gasteiger partial charge in [-0.25, -0.2) is 4.98 Å². The summed E-state index contributed by atoms with van der Waals surface area (Å²) in [4.78, 5) is 15.3. The monoisotopic (exact) mass is 272 g/mol. The van der Waals surface area contributed by atoms with Crippen LogP contribution in [0.1, 0.15) is 0 Å². The van der Waals surface area contributed by atoms with Gasteiger partial charge in [-0.2, -0.15) is 4.98 Å². The normalized spacial score (nSPS) is 10.6. The van der Waals surface area contributed by atoms with E-state index in [1.807, 2.05) is 45.4 Å². The van der Waals surface area contributed by atoms with Gasteiger partial charge in [0.25, 0.3) is 0 Å². The molecule has 6 nitrogen and oxygen atoms in total. The fourth-order valence-corrected chi connectivity index (χ4v) is 1.69. The van der Waals surface area contributed by atoms with Crippen molar-refractivity contribution in [1.82, 2.24) is 19.9 Å². The molecule has 2 rings (SSSR count). The topological polar surface area (TPSA) is 66.0 Å². The molecule has 0 bridgehead atoms. The van der Waals surface area contributed by atoms with E-state index in [4.69, 9.17) is 0 Å². The summed E-state index contributed by atoms with van der Waals surface area (Å²) in [5, 5.41) is 6.28. The van der Waals surface area contributed by atoms with Gasteiger partial charge in [-0.3, -0.25) is 4.98 Å². The van der Waals surface area contributed by atoms with Crippen LogP contribution in [0.5, 0.6) is 0 Å². The number of nitrogens with zero attached hydrogens (tertiary/aromatic N) is 4. The van der Waals surface area contributed by atoms with Crippen molar-refractivity contribution in [2.45, 2.75) is 0 Å². The molecule has 0 spiro atoms. The number of hydrogen-bond acceptors (Lipinski definition) is 6. The molecule has 2 aromatic heterocycles. The molecule has 0 radical (unpaired) electrons. The van der Waals surface area contributed by atoms with Crippen LogP contribution in [0.15, 0.2) is 30.5 Å². The van der Waals surface area contributed by atoms with E-state index in [0.717, 1.165) is 30.3 Å². The highest BCUT2D eigenvalue weighted by molar-refractivity contribution is 5.60. The Bertz CT molecular complexity index is 541. The summed E-state index contributed by atoms with van der Waals surface area (Å²) in [6.45, 7) is 1.72. The molecule has 0 unspecified atom stereocenters. The average molecular weight is 272 g/mol. The zero-order valence-corrected chi connectivity index (χ0v) is 12.1. The average Bonchev–Trinajstić information content (AvgIpc) is 2.47. The molecule has 2 aromatic rings. The molecule has 0 amide bonds. The lowest BCUT2D eigenvalue weighted by Gasteiger charge is -2.12. The smallest absolute Gasteiger partial charge is 0.225 e. The summed E-state index contributed by atoms with van der Waals surface area (Å²) in [6.07, 6.45) is 1.76. The molecule has 2 heterocycles. The van der Waals surface area contributed by atoms with Crippen LogP contribution in [0.4, 0.5) is 11.8 Å². The van der Waals surface area contributed by atoms with Crippen molar-refractivity contribution in [2.24, 2.45) is 0 Å². The first-order chi connectivity index (χ1) is 9.69. The van der Waals surface area contributed by atoms with Crippen molar-refractivity contribution < 1.29 is 0 Å². The minimum Gasteiger partial charge on any atom is -0.373 e. The van der Waals surface area contributed by atoms with E-state index in [1.54, 1.807) is 6.20 Å². The maximum atomic E-state index is 4.51. The molecule has 0 saturated carbocycles. The largest absolute Gasteiger partial charge is 0.373 e. The Balaban J connectivity index is 2.20. The third kappa shape index (κ3) is 3.89. The first kappa shape index (κ1) is 14.2. The maximum absolute atomic E-state index is 4.51. The number of rotatable bonds is 6. The predicted octanol–water partition coefficient (Wildman–Crippen LogP) is 1.55. The molecule has 106 valence electrons. The Labute approximate surface area is 119 Å². The fraction of sp³-hybridized carbons (Fsp3) is 0.357. The Morgan fingerprint density at radius 2 is 2.00 bits per heavy atom. The predicted molar refractivity (Wildman–Crippen MR) is 81.9 cm³/mol. The Hall–Kier alpha value is -2.21. The van der Waals surface area contributed by atoms with Crippen LogP contribution >= 0.6 is 0 Å². The quantitative estimate of drug-likeness (QED) is 0.832.